The van der Waals surface area contributed by atoms with Crippen LogP contribution in [0.25, 0.3) is 0 Å². The SMILES string of the molecule is CC(NP(=O)(OC[C@H]1O[C@@H](n2ccc(=O)[nH]c2=O)C(F)(F)[C@@H]1O)Oc1ccccc1)C(=O)O. The van der Waals surface area contributed by atoms with Crippen LogP contribution < -0.4 is 20.9 Å². The third-order valence-corrected chi connectivity index (χ3v) is 6.23. The molecule has 0 amide bonds. The molecule has 2 heterocycles. The highest BCUT2D eigenvalue weighted by Crippen LogP contribution is 2.47. The van der Waals surface area contributed by atoms with Gasteiger partial charge in [-0.25, -0.2) is 9.36 Å². The molecule has 2 aromatic rings. The third kappa shape index (κ3) is 5.54. The molecule has 12 nitrogen and oxygen atoms in total. The van der Waals surface area contributed by atoms with Gasteiger partial charge < -0.3 is 19.5 Å². The number of alkyl halides is 2. The summed E-state index contributed by atoms with van der Waals surface area (Å²) in [5.74, 6) is -5.36. The molecule has 33 heavy (non-hydrogen) atoms. The lowest BCUT2D eigenvalue weighted by atomic mass is 10.1. The summed E-state index contributed by atoms with van der Waals surface area (Å²) in [5.41, 5.74) is -2.02. The molecule has 3 rings (SSSR count). The number of hydrogen-bond acceptors (Lipinski definition) is 8. The van der Waals surface area contributed by atoms with Crippen LogP contribution in [0.3, 0.4) is 0 Å². The highest BCUT2D eigenvalue weighted by Gasteiger charge is 2.60. The number of rotatable bonds is 9. The first-order valence-corrected chi connectivity index (χ1v) is 11.0. The first-order valence-electron chi connectivity index (χ1n) is 9.45. The topological polar surface area (TPSA) is 169 Å². The first-order chi connectivity index (χ1) is 15.4. The zero-order chi connectivity index (χ0) is 24.4. The molecule has 0 saturated carbocycles. The smallest absolute Gasteiger partial charge is 0.459 e. The predicted molar refractivity (Wildman–Crippen MR) is 107 cm³/mol. The number of aliphatic hydroxyl groups is 1. The van der Waals surface area contributed by atoms with E-state index in [2.05, 4.69) is 5.09 Å². The van der Waals surface area contributed by atoms with Gasteiger partial charge in [-0.05, 0) is 19.1 Å². The van der Waals surface area contributed by atoms with Crippen molar-refractivity contribution in [2.45, 2.75) is 37.3 Å². The van der Waals surface area contributed by atoms with Gasteiger partial charge >= 0.3 is 25.3 Å². The average molecular weight is 491 g/mol. The van der Waals surface area contributed by atoms with E-state index in [0.717, 1.165) is 19.2 Å². The summed E-state index contributed by atoms with van der Waals surface area (Å²) in [6.45, 7) is 0.231. The Bertz CT molecular complexity index is 1160. The fraction of sp³-hybridized carbons (Fsp3) is 0.389. The Labute approximate surface area is 184 Å². The highest BCUT2D eigenvalue weighted by molar-refractivity contribution is 7.52. The summed E-state index contributed by atoms with van der Waals surface area (Å²) in [6, 6.07) is 6.91. The molecule has 1 aromatic heterocycles. The zero-order valence-electron chi connectivity index (χ0n) is 17.0. The summed E-state index contributed by atoms with van der Waals surface area (Å²) in [4.78, 5) is 36.0. The van der Waals surface area contributed by atoms with Crippen molar-refractivity contribution in [2.75, 3.05) is 6.61 Å². The van der Waals surface area contributed by atoms with Gasteiger partial charge in [-0.3, -0.25) is 23.7 Å². The minimum Gasteiger partial charge on any atom is -0.480 e. The maximum absolute atomic E-state index is 14.6. The van der Waals surface area contributed by atoms with Crippen LogP contribution in [0.1, 0.15) is 13.2 Å². The number of carboxylic acid groups (broad SMARTS) is 1. The van der Waals surface area contributed by atoms with Gasteiger partial charge in [0.15, 0.2) is 6.10 Å². The molecule has 5 atom stereocenters. The number of hydrogen-bond donors (Lipinski definition) is 4. The zero-order valence-corrected chi connectivity index (χ0v) is 17.9. The quantitative estimate of drug-likeness (QED) is 0.366. The monoisotopic (exact) mass is 491 g/mol. The lowest BCUT2D eigenvalue weighted by molar-refractivity contribution is -0.141. The van der Waals surface area contributed by atoms with Crippen molar-refractivity contribution in [3.8, 4) is 5.75 Å². The summed E-state index contributed by atoms with van der Waals surface area (Å²) in [6.07, 6.45) is -5.82. The second kappa shape index (κ2) is 9.53. The number of para-hydroxylation sites is 1. The van der Waals surface area contributed by atoms with E-state index in [1.807, 2.05) is 0 Å². The molecule has 180 valence electrons. The molecule has 0 bridgehead atoms. The normalized spacial score (nSPS) is 24.7. The van der Waals surface area contributed by atoms with Crippen LogP contribution >= 0.6 is 7.75 Å². The van der Waals surface area contributed by atoms with Crippen molar-refractivity contribution in [1.82, 2.24) is 14.6 Å². The molecule has 0 spiro atoms. The number of carboxylic acids is 1. The maximum Gasteiger partial charge on any atom is 0.459 e. The fourth-order valence-electron chi connectivity index (χ4n) is 2.89. The van der Waals surface area contributed by atoms with Gasteiger partial charge in [-0.1, -0.05) is 18.2 Å². The molecule has 2 unspecified atom stereocenters. The summed E-state index contributed by atoms with van der Waals surface area (Å²) < 4.78 is 58.2. The van der Waals surface area contributed by atoms with Crippen molar-refractivity contribution in [1.29, 1.82) is 0 Å². The van der Waals surface area contributed by atoms with Crippen molar-refractivity contribution < 1.29 is 42.1 Å². The van der Waals surface area contributed by atoms with E-state index in [9.17, 15) is 32.8 Å². The minimum absolute atomic E-state index is 0.0295. The maximum atomic E-state index is 14.6. The number of ether oxygens (including phenoxy) is 1. The number of H-pyrrole nitrogens is 1. The summed E-state index contributed by atoms with van der Waals surface area (Å²) in [5, 5.41) is 21.3. The van der Waals surface area contributed by atoms with Gasteiger partial charge in [0.05, 0.1) is 6.61 Å². The second-order valence-electron chi connectivity index (χ2n) is 7.05. The minimum atomic E-state index is -4.46. The number of carbonyl (C=O) groups is 1. The average Bonchev–Trinajstić information content (AvgIpc) is 2.96. The number of benzene rings is 1. The number of nitrogens with zero attached hydrogens (tertiary/aromatic N) is 1. The number of aromatic amines is 1. The Morgan fingerprint density at radius 1 is 1.33 bits per heavy atom. The Kier molecular flexibility index (Phi) is 7.14. The molecular weight excluding hydrogens is 471 g/mol. The van der Waals surface area contributed by atoms with Crippen LogP contribution in [-0.4, -0.2) is 56.5 Å². The lowest BCUT2D eigenvalue weighted by Gasteiger charge is -2.23. The largest absolute Gasteiger partial charge is 0.480 e. The van der Waals surface area contributed by atoms with E-state index in [-0.39, 0.29) is 5.75 Å². The lowest BCUT2D eigenvalue weighted by Crippen LogP contribution is -2.42. The Balaban J connectivity index is 1.80. The van der Waals surface area contributed by atoms with Crippen molar-refractivity contribution >= 4 is 13.7 Å². The molecule has 0 radical (unpaired) electrons. The van der Waals surface area contributed by atoms with Gasteiger partial charge in [0.25, 0.3) is 5.56 Å². The summed E-state index contributed by atoms with van der Waals surface area (Å²) >= 11 is 0. The van der Waals surface area contributed by atoms with E-state index < -0.39 is 62.0 Å². The van der Waals surface area contributed by atoms with Gasteiger partial charge in [0.2, 0.25) is 6.23 Å². The fourth-order valence-corrected chi connectivity index (χ4v) is 4.40. The number of halogens is 2. The Morgan fingerprint density at radius 2 is 2.00 bits per heavy atom. The summed E-state index contributed by atoms with van der Waals surface area (Å²) in [7, 11) is -4.46. The van der Waals surface area contributed by atoms with Gasteiger partial charge in [0, 0.05) is 12.3 Å². The molecular formula is C18H20F2N3O9P. The van der Waals surface area contributed by atoms with Crippen LogP contribution in [0.15, 0.2) is 52.2 Å². The van der Waals surface area contributed by atoms with E-state index in [1.54, 1.807) is 11.1 Å². The molecule has 1 aliphatic heterocycles. The standard InChI is InChI=1S/C18H20F2N3O9P/c1-10(15(26)27)22-33(29,32-11-5-3-2-4-6-11)30-9-12-14(25)18(19,20)16(31-12)23-8-7-13(24)21-17(23)28/h2-8,10,12,14,16,25H,9H2,1H3,(H,22,29)(H,26,27)(H,21,24,28)/t10?,12-,14-,16-,33?/m1/s1. The molecule has 15 heteroatoms. The van der Waals surface area contributed by atoms with E-state index in [4.69, 9.17) is 18.9 Å². The van der Waals surface area contributed by atoms with Crippen LogP contribution in [0, 0.1) is 0 Å². The van der Waals surface area contributed by atoms with Crippen molar-refractivity contribution in [3.63, 3.8) is 0 Å². The van der Waals surface area contributed by atoms with Gasteiger partial charge in [-0.2, -0.15) is 13.9 Å². The van der Waals surface area contributed by atoms with Gasteiger partial charge in [0.1, 0.15) is 17.9 Å². The van der Waals surface area contributed by atoms with Gasteiger partial charge in [-0.15, -0.1) is 0 Å². The third-order valence-electron chi connectivity index (χ3n) is 4.58. The number of aromatic nitrogens is 2. The highest BCUT2D eigenvalue weighted by atomic mass is 31.2. The van der Waals surface area contributed by atoms with Crippen molar-refractivity contribution in [2.24, 2.45) is 0 Å². The molecule has 4 N–H and O–H groups in total. The number of nitrogens with one attached hydrogen (secondary N) is 2. The van der Waals surface area contributed by atoms with E-state index in [1.165, 1.54) is 24.3 Å². The van der Waals surface area contributed by atoms with Crippen LogP contribution in [0.2, 0.25) is 0 Å². The van der Waals surface area contributed by atoms with Crippen LogP contribution in [0.4, 0.5) is 8.78 Å². The predicted octanol–water partition coefficient (Wildman–Crippen LogP) is 0.697. The van der Waals surface area contributed by atoms with Crippen LogP contribution in [-0.2, 0) is 18.6 Å². The molecule has 1 aromatic carbocycles. The Hall–Kier alpha value is -2.90. The molecule has 1 aliphatic rings. The molecule has 1 saturated heterocycles. The molecule has 0 aliphatic carbocycles. The molecule has 1 fully saturated rings. The number of aliphatic carboxylic acids is 1. The van der Waals surface area contributed by atoms with Crippen LogP contribution in [0.5, 0.6) is 5.75 Å². The number of aliphatic hydroxyl groups excluding tert-OH is 1. The Morgan fingerprint density at radius 3 is 2.61 bits per heavy atom. The first kappa shape index (κ1) is 24.7. The van der Waals surface area contributed by atoms with E-state index in [0.29, 0.717) is 4.57 Å². The van der Waals surface area contributed by atoms with E-state index >= 15 is 0 Å². The van der Waals surface area contributed by atoms with Crippen molar-refractivity contribution in [3.05, 3.63) is 63.4 Å². The second-order valence-corrected chi connectivity index (χ2v) is 8.74.